The fraction of sp³-hybridized carbons (Fsp3) is 0.927. The highest BCUT2D eigenvalue weighted by molar-refractivity contribution is 6.14. The van der Waals surface area contributed by atoms with E-state index in [-0.39, 0.29) is 17.6 Å². The minimum atomic E-state index is -0.737. The third-order valence-corrected chi connectivity index (χ3v) is 12.6. The molecule has 0 aromatic rings. The summed E-state index contributed by atoms with van der Waals surface area (Å²) in [6, 6.07) is 0. The van der Waals surface area contributed by atoms with Gasteiger partial charge in [-0.05, 0) is 117 Å². The van der Waals surface area contributed by atoms with Crippen molar-refractivity contribution in [2.75, 3.05) is 13.2 Å². The van der Waals surface area contributed by atoms with Gasteiger partial charge in [-0.25, -0.2) is 4.79 Å². The molecule has 2 radical (unpaired) electrons. The summed E-state index contributed by atoms with van der Waals surface area (Å²) >= 11 is 0. The van der Waals surface area contributed by atoms with Gasteiger partial charge in [0.15, 0.2) is 0 Å². The Morgan fingerprint density at radius 3 is 2.28 bits per heavy atom. The van der Waals surface area contributed by atoms with Crippen molar-refractivity contribution in [2.24, 2.45) is 52.3 Å². The van der Waals surface area contributed by atoms with Gasteiger partial charge in [-0.15, -0.1) is 0 Å². The molecule has 8 unspecified atom stereocenters. The summed E-state index contributed by atoms with van der Waals surface area (Å²) in [6.07, 6.45) is 17.9. The van der Waals surface area contributed by atoms with Crippen LogP contribution in [0.2, 0.25) is 0 Å². The molecule has 3 saturated carbocycles. The first kappa shape index (κ1) is 41.2. The van der Waals surface area contributed by atoms with Crippen molar-refractivity contribution < 1.29 is 14.3 Å². The quantitative estimate of drug-likeness (QED) is 0.161. The molecule has 0 spiro atoms. The van der Waals surface area contributed by atoms with Gasteiger partial charge in [0.25, 0.3) is 0 Å². The molecule has 0 aromatic carbocycles. The van der Waals surface area contributed by atoms with Crippen molar-refractivity contribution in [2.45, 2.75) is 178 Å². The molecule has 266 valence electrons. The Bertz CT molecular complexity index is 931. The number of carbonyl (C=O) groups excluding carboxylic acids is 1. The van der Waals surface area contributed by atoms with Gasteiger partial charge in [-0.2, -0.15) is 0 Å². The second-order valence-corrected chi connectivity index (χ2v) is 16.6. The smallest absolute Gasteiger partial charge is 0.407 e. The van der Waals surface area contributed by atoms with Crippen LogP contribution in [0.4, 0.5) is 4.79 Å². The fourth-order valence-corrected chi connectivity index (χ4v) is 9.96. The molecule has 1 amide bonds. The largest absolute Gasteiger partial charge is 0.446 e. The zero-order valence-electron chi connectivity index (χ0n) is 32.6. The van der Waals surface area contributed by atoms with Crippen LogP contribution in [0.3, 0.4) is 0 Å². The second kappa shape index (κ2) is 18.7. The first-order valence-electron chi connectivity index (χ1n) is 19.8. The van der Waals surface area contributed by atoms with E-state index in [4.69, 9.17) is 17.3 Å². The normalized spacial score (nSPS) is 33.5. The molecule has 9 atom stereocenters. The third kappa shape index (κ3) is 10.5. The molecule has 5 heteroatoms. The molecule has 4 aliphatic rings. The number of nitrogens with one attached hydrogen (secondary N) is 1. The van der Waals surface area contributed by atoms with Crippen LogP contribution in [0.15, 0.2) is 11.6 Å². The van der Waals surface area contributed by atoms with Gasteiger partial charge in [0.1, 0.15) is 14.0 Å². The molecule has 4 rings (SSSR count). The van der Waals surface area contributed by atoms with Crippen LogP contribution < -0.4 is 5.32 Å². The average Bonchev–Trinajstić information content (AvgIpc) is 3.36. The average molecular weight is 642 g/mol. The Labute approximate surface area is 288 Å². The summed E-state index contributed by atoms with van der Waals surface area (Å²) < 4.78 is 11.8. The monoisotopic (exact) mass is 642 g/mol. The standard InChI is InChI=1S/C37H64BNO3.2C2H6/c1-25(2)10-9-11-27(5)31-14-15-32-30-13-12-28-24-29(16-19-35(28,6)33(30)17-20-36(31,32)7)42-34(40)39-22-21-37(8,38)41-23-18-26(3)4;2*1-2/h12,25-27,29-33H,9-11,13-24H2,1-8H3,(H,39,40);2*1-2H3/t27-,29?,30?,31?,32?,33?,35?,36?,37?;;/m1../s1. The molecular formula is C41H76BNO3. The molecule has 0 bridgehead atoms. The van der Waals surface area contributed by atoms with Crippen molar-refractivity contribution >= 4 is 13.9 Å². The predicted octanol–water partition coefficient (Wildman–Crippen LogP) is 11.5. The Hall–Kier alpha value is -0.965. The molecule has 3 fully saturated rings. The number of ether oxygens (including phenoxy) is 2. The minimum Gasteiger partial charge on any atom is -0.446 e. The maximum atomic E-state index is 12.7. The number of hydrogen-bond donors (Lipinski definition) is 1. The van der Waals surface area contributed by atoms with E-state index in [2.05, 4.69) is 59.9 Å². The number of allylic oxidation sites excluding steroid dienone is 1. The van der Waals surface area contributed by atoms with Crippen LogP contribution in [-0.4, -0.2) is 38.7 Å². The number of carbonyl (C=O) groups is 1. The van der Waals surface area contributed by atoms with Crippen LogP contribution >= 0.6 is 0 Å². The maximum Gasteiger partial charge on any atom is 0.407 e. The van der Waals surface area contributed by atoms with Crippen LogP contribution in [0, 0.1) is 52.3 Å². The van der Waals surface area contributed by atoms with E-state index in [0.717, 1.165) is 61.2 Å². The van der Waals surface area contributed by atoms with E-state index in [1.165, 1.54) is 51.4 Å². The number of fused-ring (bicyclic) bond motifs is 5. The zero-order valence-corrected chi connectivity index (χ0v) is 32.6. The lowest BCUT2D eigenvalue weighted by Gasteiger charge is -2.58. The lowest BCUT2D eigenvalue weighted by atomic mass is 9.47. The highest BCUT2D eigenvalue weighted by atomic mass is 16.6. The van der Waals surface area contributed by atoms with Gasteiger partial charge < -0.3 is 14.8 Å². The van der Waals surface area contributed by atoms with E-state index in [1.807, 2.05) is 34.6 Å². The molecule has 0 aromatic heterocycles. The van der Waals surface area contributed by atoms with Crippen LogP contribution in [-0.2, 0) is 9.47 Å². The van der Waals surface area contributed by atoms with Gasteiger partial charge >= 0.3 is 6.09 Å². The van der Waals surface area contributed by atoms with Crippen molar-refractivity contribution in [3.63, 3.8) is 0 Å². The Morgan fingerprint density at radius 1 is 0.957 bits per heavy atom. The summed E-state index contributed by atoms with van der Waals surface area (Å²) in [7, 11) is 6.28. The van der Waals surface area contributed by atoms with Crippen molar-refractivity contribution in [3.8, 4) is 0 Å². The molecule has 4 nitrogen and oxygen atoms in total. The van der Waals surface area contributed by atoms with Gasteiger partial charge in [0, 0.05) is 25.1 Å². The van der Waals surface area contributed by atoms with Gasteiger partial charge in [-0.3, -0.25) is 0 Å². The molecule has 0 heterocycles. The lowest BCUT2D eigenvalue weighted by molar-refractivity contribution is -0.0581. The molecule has 0 aliphatic heterocycles. The first-order chi connectivity index (χ1) is 21.7. The van der Waals surface area contributed by atoms with E-state index in [1.54, 1.807) is 5.57 Å². The number of rotatable bonds is 13. The molecule has 0 saturated heterocycles. The number of amides is 1. The summed E-state index contributed by atoms with van der Waals surface area (Å²) in [5.74, 6) is 5.67. The zero-order chi connectivity index (χ0) is 34.7. The van der Waals surface area contributed by atoms with Crippen LogP contribution in [0.5, 0.6) is 0 Å². The predicted molar refractivity (Wildman–Crippen MR) is 198 cm³/mol. The molecule has 1 N–H and O–H groups in total. The van der Waals surface area contributed by atoms with Gasteiger partial charge in [0.2, 0.25) is 0 Å². The topological polar surface area (TPSA) is 47.6 Å². The Balaban J connectivity index is 0.00000177. The van der Waals surface area contributed by atoms with E-state index in [9.17, 15) is 4.79 Å². The van der Waals surface area contributed by atoms with Crippen molar-refractivity contribution in [3.05, 3.63) is 11.6 Å². The van der Waals surface area contributed by atoms with Crippen molar-refractivity contribution in [1.29, 1.82) is 0 Å². The van der Waals surface area contributed by atoms with Crippen molar-refractivity contribution in [1.82, 2.24) is 5.32 Å². The SMILES string of the molecule is CC.CC.[B]C(C)(CCNC(=O)OC1CCC2(C)C(=CCC3C2CCC2(C)C3CCC2[C@H](C)CCCC(C)C)C1)OCCC(C)C. The van der Waals surface area contributed by atoms with Crippen LogP contribution in [0.1, 0.15) is 167 Å². The Kier molecular flexibility index (Phi) is 16.8. The number of alkyl carbamates (subject to hydrolysis) is 1. The second-order valence-electron chi connectivity index (χ2n) is 16.6. The van der Waals surface area contributed by atoms with E-state index < -0.39 is 5.50 Å². The van der Waals surface area contributed by atoms with E-state index in [0.29, 0.717) is 30.9 Å². The molecule has 46 heavy (non-hydrogen) atoms. The van der Waals surface area contributed by atoms with Crippen LogP contribution in [0.25, 0.3) is 0 Å². The Morgan fingerprint density at radius 2 is 1.63 bits per heavy atom. The highest BCUT2D eigenvalue weighted by Crippen LogP contribution is 2.67. The van der Waals surface area contributed by atoms with Gasteiger partial charge in [-0.1, -0.05) is 107 Å². The molecular weight excluding hydrogens is 565 g/mol. The first-order valence-corrected chi connectivity index (χ1v) is 19.8. The third-order valence-electron chi connectivity index (χ3n) is 12.6. The summed E-state index contributed by atoms with van der Waals surface area (Å²) in [4.78, 5) is 12.7. The minimum absolute atomic E-state index is 0.0242. The lowest BCUT2D eigenvalue weighted by Crippen LogP contribution is -2.51. The summed E-state index contributed by atoms with van der Waals surface area (Å²) in [5.41, 5.74) is 1.63. The summed E-state index contributed by atoms with van der Waals surface area (Å²) in [5, 5.41) is 2.93. The molecule has 4 aliphatic carbocycles. The fourth-order valence-electron chi connectivity index (χ4n) is 9.96. The van der Waals surface area contributed by atoms with E-state index >= 15 is 0 Å². The van der Waals surface area contributed by atoms with Gasteiger partial charge in [0.05, 0.1) is 0 Å². The number of hydrogen-bond acceptors (Lipinski definition) is 3. The highest BCUT2D eigenvalue weighted by Gasteiger charge is 2.59. The summed E-state index contributed by atoms with van der Waals surface area (Å²) in [6.45, 7) is 27.9. The maximum absolute atomic E-state index is 12.7.